The van der Waals surface area contributed by atoms with E-state index in [1.54, 1.807) is 9.75 Å². The molecule has 0 saturated carbocycles. The first-order valence-electron chi connectivity index (χ1n) is 11.0. The fourth-order valence-electron chi connectivity index (χ4n) is 5.78. The molecule has 0 radical (unpaired) electrons. The van der Waals surface area contributed by atoms with Crippen LogP contribution in [-0.2, 0) is 13.1 Å². The van der Waals surface area contributed by atoms with Crippen molar-refractivity contribution in [1.82, 2.24) is 14.7 Å². The van der Waals surface area contributed by atoms with Gasteiger partial charge in [-0.05, 0) is 62.5 Å². The molecule has 0 amide bonds. The van der Waals surface area contributed by atoms with Gasteiger partial charge in [-0.1, -0.05) is 36.8 Å². The maximum atomic E-state index is 2.72. The highest BCUT2D eigenvalue weighted by Crippen LogP contribution is 2.44. The average molecular weight is 396 g/mol. The van der Waals surface area contributed by atoms with E-state index in [1.165, 1.54) is 57.5 Å². The van der Waals surface area contributed by atoms with Crippen LogP contribution in [0.1, 0.15) is 40.6 Å². The van der Waals surface area contributed by atoms with Gasteiger partial charge in [-0.15, -0.1) is 11.3 Å². The summed E-state index contributed by atoms with van der Waals surface area (Å²) in [5.41, 5.74) is 1.50. The lowest BCUT2D eigenvalue weighted by atomic mass is 9.90. The van der Waals surface area contributed by atoms with Crippen molar-refractivity contribution in [3.8, 4) is 0 Å². The van der Waals surface area contributed by atoms with Crippen LogP contribution < -0.4 is 0 Å². The number of hydrogen-bond donors (Lipinski definition) is 0. The second-order valence-electron chi connectivity index (χ2n) is 9.12. The third-order valence-electron chi connectivity index (χ3n) is 7.04. The molecule has 0 spiro atoms. The molecule has 1 aromatic carbocycles. The lowest BCUT2D eigenvalue weighted by molar-refractivity contribution is 0.222. The first-order chi connectivity index (χ1) is 13.8. The minimum Gasteiger partial charge on any atom is -0.299 e. The molecular weight excluding hydrogens is 362 g/mol. The molecule has 5 rings (SSSR count). The summed E-state index contributed by atoms with van der Waals surface area (Å²) in [6.45, 7) is 8.63. The molecule has 150 valence electrons. The van der Waals surface area contributed by atoms with Gasteiger partial charge < -0.3 is 0 Å². The van der Waals surface area contributed by atoms with Crippen molar-refractivity contribution in [2.45, 2.75) is 38.4 Å². The number of rotatable bonds is 5. The van der Waals surface area contributed by atoms with E-state index in [9.17, 15) is 0 Å². The van der Waals surface area contributed by atoms with Crippen LogP contribution in [0.3, 0.4) is 0 Å². The van der Waals surface area contributed by atoms with E-state index in [-0.39, 0.29) is 0 Å². The molecule has 3 saturated heterocycles. The number of nitrogens with zero attached hydrogens (tertiary/aromatic N) is 3. The van der Waals surface area contributed by atoms with Crippen molar-refractivity contribution in [2.24, 2.45) is 11.8 Å². The lowest BCUT2D eigenvalue weighted by Crippen LogP contribution is -2.28. The summed E-state index contributed by atoms with van der Waals surface area (Å²) in [5, 5.41) is 0. The quantitative estimate of drug-likeness (QED) is 0.740. The highest BCUT2D eigenvalue weighted by Gasteiger charge is 2.45. The molecule has 3 aliphatic heterocycles. The van der Waals surface area contributed by atoms with Gasteiger partial charge in [0, 0.05) is 48.5 Å². The Kier molecular flexibility index (Phi) is 5.56. The van der Waals surface area contributed by atoms with Gasteiger partial charge in [0.05, 0.1) is 0 Å². The Morgan fingerprint density at radius 3 is 2.29 bits per heavy atom. The number of thiophene rings is 1. The van der Waals surface area contributed by atoms with Crippen LogP contribution in [0.4, 0.5) is 0 Å². The summed E-state index contributed by atoms with van der Waals surface area (Å²) in [6.07, 6.45) is 4.18. The summed E-state index contributed by atoms with van der Waals surface area (Å²) < 4.78 is 0. The molecule has 0 N–H and O–H groups in total. The van der Waals surface area contributed by atoms with Crippen LogP contribution in [0, 0.1) is 11.8 Å². The smallest absolute Gasteiger partial charge is 0.0389 e. The normalized spacial score (nSPS) is 29.4. The van der Waals surface area contributed by atoms with E-state index in [1.807, 2.05) is 11.3 Å². The van der Waals surface area contributed by atoms with E-state index in [2.05, 4.69) is 64.2 Å². The molecule has 3 nitrogen and oxygen atoms in total. The maximum absolute atomic E-state index is 2.72. The first kappa shape index (κ1) is 18.8. The Hall–Kier alpha value is -1.20. The predicted molar refractivity (Wildman–Crippen MR) is 118 cm³/mol. The fraction of sp³-hybridized carbons (Fsp3) is 0.583. The minimum atomic E-state index is 0.592. The highest BCUT2D eigenvalue weighted by molar-refractivity contribution is 7.11. The second kappa shape index (κ2) is 8.27. The van der Waals surface area contributed by atoms with E-state index >= 15 is 0 Å². The van der Waals surface area contributed by atoms with Gasteiger partial charge in [0.2, 0.25) is 0 Å². The van der Waals surface area contributed by atoms with Gasteiger partial charge in [0.15, 0.2) is 0 Å². The lowest BCUT2D eigenvalue weighted by Gasteiger charge is -2.26. The Morgan fingerprint density at radius 2 is 1.54 bits per heavy atom. The summed E-state index contributed by atoms with van der Waals surface area (Å²) in [7, 11) is 2.31. The number of likely N-dealkylation sites (tertiary alicyclic amines) is 3. The summed E-state index contributed by atoms with van der Waals surface area (Å²) in [6, 6.07) is 16.5. The van der Waals surface area contributed by atoms with Crippen molar-refractivity contribution < 1.29 is 0 Å². The monoisotopic (exact) mass is 395 g/mol. The molecule has 3 atom stereocenters. The molecule has 3 fully saturated rings. The Bertz CT molecular complexity index is 767. The van der Waals surface area contributed by atoms with Gasteiger partial charge >= 0.3 is 0 Å². The second-order valence-corrected chi connectivity index (χ2v) is 10.4. The van der Waals surface area contributed by atoms with E-state index in [4.69, 9.17) is 0 Å². The molecule has 28 heavy (non-hydrogen) atoms. The topological polar surface area (TPSA) is 9.72 Å². The molecular formula is C24H33N3S. The van der Waals surface area contributed by atoms with Crippen LogP contribution in [0.25, 0.3) is 0 Å². The number of hydrogen-bond acceptors (Lipinski definition) is 4. The third-order valence-corrected chi connectivity index (χ3v) is 8.09. The maximum Gasteiger partial charge on any atom is 0.0389 e. The molecule has 4 heterocycles. The van der Waals surface area contributed by atoms with Crippen LogP contribution in [0.5, 0.6) is 0 Å². The standard InChI is InChI=1S/C24H33N3S/c1-25-14-20-15-27(18-23(20)24(25)19-8-4-2-5-9-19)17-22-11-10-21(28-22)16-26-12-6-3-7-13-26/h2,4-5,8-11,20,23-24H,3,6-7,12-18H2,1H3/t20-,23+,24-/m0/s1. The van der Waals surface area contributed by atoms with Crippen molar-refractivity contribution in [3.63, 3.8) is 0 Å². The Labute approximate surface area is 174 Å². The van der Waals surface area contributed by atoms with Gasteiger partial charge in [0.25, 0.3) is 0 Å². The minimum absolute atomic E-state index is 0.592. The first-order valence-corrected chi connectivity index (χ1v) is 11.9. The van der Waals surface area contributed by atoms with E-state index < -0.39 is 0 Å². The third kappa shape index (κ3) is 3.93. The summed E-state index contributed by atoms with van der Waals surface area (Å²) in [4.78, 5) is 11.0. The van der Waals surface area contributed by atoms with Crippen molar-refractivity contribution in [3.05, 3.63) is 57.8 Å². The zero-order chi connectivity index (χ0) is 18.9. The van der Waals surface area contributed by atoms with E-state index in [0.29, 0.717) is 6.04 Å². The summed E-state index contributed by atoms with van der Waals surface area (Å²) in [5.74, 6) is 1.60. The van der Waals surface area contributed by atoms with Crippen LogP contribution in [0.15, 0.2) is 42.5 Å². The molecule has 0 unspecified atom stereocenters. The Morgan fingerprint density at radius 1 is 0.821 bits per heavy atom. The Balaban J connectivity index is 1.20. The number of benzene rings is 1. The van der Waals surface area contributed by atoms with Gasteiger partial charge in [-0.25, -0.2) is 0 Å². The number of fused-ring (bicyclic) bond motifs is 1. The van der Waals surface area contributed by atoms with Crippen LogP contribution in [0.2, 0.25) is 0 Å². The van der Waals surface area contributed by atoms with Gasteiger partial charge in [-0.3, -0.25) is 14.7 Å². The van der Waals surface area contributed by atoms with Crippen LogP contribution in [-0.4, -0.2) is 54.5 Å². The van der Waals surface area contributed by atoms with E-state index in [0.717, 1.165) is 24.9 Å². The molecule has 0 bridgehead atoms. The van der Waals surface area contributed by atoms with Crippen LogP contribution >= 0.6 is 11.3 Å². The fourth-order valence-corrected chi connectivity index (χ4v) is 6.88. The summed E-state index contributed by atoms with van der Waals surface area (Å²) >= 11 is 2.05. The average Bonchev–Trinajstić information content (AvgIpc) is 3.38. The van der Waals surface area contributed by atoms with Gasteiger partial charge in [-0.2, -0.15) is 0 Å². The largest absolute Gasteiger partial charge is 0.299 e. The number of piperidine rings is 1. The predicted octanol–water partition coefficient (Wildman–Crippen LogP) is 4.47. The SMILES string of the molecule is CN1C[C@H]2CN(Cc3ccc(CN4CCCCC4)s3)C[C@H]2[C@@H]1c1ccccc1. The van der Waals surface area contributed by atoms with Gasteiger partial charge in [0.1, 0.15) is 0 Å². The van der Waals surface area contributed by atoms with Crippen molar-refractivity contribution in [2.75, 3.05) is 39.8 Å². The molecule has 1 aromatic heterocycles. The zero-order valence-electron chi connectivity index (χ0n) is 17.1. The molecule has 2 aromatic rings. The highest BCUT2D eigenvalue weighted by atomic mass is 32.1. The van der Waals surface area contributed by atoms with Crippen molar-refractivity contribution >= 4 is 11.3 Å². The molecule has 4 heteroatoms. The zero-order valence-corrected chi connectivity index (χ0v) is 17.9. The molecule has 3 aliphatic rings. The van der Waals surface area contributed by atoms with Crippen molar-refractivity contribution in [1.29, 1.82) is 0 Å². The molecule has 0 aliphatic carbocycles.